The predicted octanol–water partition coefficient (Wildman–Crippen LogP) is 2.04. The molecule has 0 spiro atoms. The molecule has 0 N–H and O–H groups in total. The van der Waals surface area contributed by atoms with Crippen molar-refractivity contribution in [2.24, 2.45) is 5.41 Å². The van der Waals surface area contributed by atoms with E-state index in [2.05, 4.69) is 0 Å². The van der Waals surface area contributed by atoms with Crippen molar-refractivity contribution in [3.63, 3.8) is 0 Å². The third-order valence-electron chi connectivity index (χ3n) is 1.75. The lowest BCUT2D eigenvalue weighted by atomic mass is 9.91. The van der Waals surface area contributed by atoms with Crippen molar-refractivity contribution in [1.29, 1.82) is 0 Å². The van der Waals surface area contributed by atoms with Gasteiger partial charge in [-0.15, -0.1) is 0 Å². The van der Waals surface area contributed by atoms with Crippen LogP contribution in [0.4, 0.5) is 0 Å². The average molecular weight is 202 g/mol. The second-order valence-electron chi connectivity index (χ2n) is 4.65. The molecule has 0 amide bonds. The van der Waals surface area contributed by atoms with Crippen LogP contribution in [0.25, 0.3) is 0 Å². The van der Waals surface area contributed by atoms with Crippen molar-refractivity contribution in [1.82, 2.24) is 0 Å². The standard InChI is InChI=1S/C11H22O3/c1-9(2)14-7-6-13-8-10(12)11(3,4)5/h9H,6-8H2,1-5H3. The summed E-state index contributed by atoms with van der Waals surface area (Å²) in [6, 6.07) is 0. The average Bonchev–Trinajstić information content (AvgIpc) is 2.01. The number of ketones is 1. The van der Waals surface area contributed by atoms with Crippen molar-refractivity contribution in [2.45, 2.75) is 40.7 Å². The number of hydrogen-bond donors (Lipinski definition) is 0. The molecular weight excluding hydrogens is 180 g/mol. The first-order chi connectivity index (χ1) is 6.34. The Bertz CT molecular complexity index is 168. The molecule has 0 bridgehead atoms. The Labute approximate surface area is 86.8 Å². The summed E-state index contributed by atoms with van der Waals surface area (Å²) in [7, 11) is 0. The normalized spacial score (nSPS) is 12.1. The minimum atomic E-state index is -0.307. The molecule has 0 aromatic rings. The molecule has 0 atom stereocenters. The fourth-order valence-corrected chi connectivity index (χ4v) is 0.724. The van der Waals surface area contributed by atoms with E-state index in [1.807, 2.05) is 34.6 Å². The van der Waals surface area contributed by atoms with Crippen LogP contribution < -0.4 is 0 Å². The Hall–Kier alpha value is -0.410. The fourth-order valence-electron chi connectivity index (χ4n) is 0.724. The van der Waals surface area contributed by atoms with Gasteiger partial charge in [-0.1, -0.05) is 20.8 Å². The molecule has 3 heteroatoms. The highest BCUT2D eigenvalue weighted by molar-refractivity contribution is 5.84. The molecule has 0 unspecified atom stereocenters. The molecule has 0 radical (unpaired) electrons. The third-order valence-corrected chi connectivity index (χ3v) is 1.75. The maximum absolute atomic E-state index is 11.4. The lowest BCUT2D eigenvalue weighted by Crippen LogP contribution is -2.25. The molecule has 0 fully saturated rings. The largest absolute Gasteiger partial charge is 0.376 e. The lowest BCUT2D eigenvalue weighted by Gasteiger charge is -2.16. The van der Waals surface area contributed by atoms with Crippen LogP contribution >= 0.6 is 0 Å². The van der Waals surface area contributed by atoms with Gasteiger partial charge in [-0.2, -0.15) is 0 Å². The van der Waals surface area contributed by atoms with Gasteiger partial charge in [-0.25, -0.2) is 0 Å². The summed E-state index contributed by atoms with van der Waals surface area (Å²) < 4.78 is 10.5. The number of carbonyl (C=O) groups is 1. The van der Waals surface area contributed by atoms with Gasteiger partial charge in [-0.05, 0) is 13.8 Å². The lowest BCUT2D eigenvalue weighted by molar-refractivity contribution is -0.131. The van der Waals surface area contributed by atoms with E-state index in [-0.39, 0.29) is 23.9 Å². The predicted molar refractivity (Wildman–Crippen MR) is 56.4 cm³/mol. The van der Waals surface area contributed by atoms with E-state index in [4.69, 9.17) is 9.47 Å². The maximum atomic E-state index is 11.4. The van der Waals surface area contributed by atoms with Crippen molar-refractivity contribution in [3.05, 3.63) is 0 Å². The van der Waals surface area contributed by atoms with Crippen molar-refractivity contribution >= 4 is 5.78 Å². The van der Waals surface area contributed by atoms with E-state index < -0.39 is 0 Å². The highest BCUT2D eigenvalue weighted by Gasteiger charge is 2.20. The van der Waals surface area contributed by atoms with Gasteiger partial charge in [0.05, 0.1) is 19.3 Å². The van der Waals surface area contributed by atoms with Crippen LogP contribution in [0.5, 0.6) is 0 Å². The van der Waals surface area contributed by atoms with Crippen molar-refractivity contribution < 1.29 is 14.3 Å². The van der Waals surface area contributed by atoms with Gasteiger partial charge in [-0.3, -0.25) is 4.79 Å². The van der Waals surface area contributed by atoms with E-state index in [0.717, 1.165) is 0 Å². The summed E-state index contributed by atoms with van der Waals surface area (Å²) in [5, 5.41) is 0. The smallest absolute Gasteiger partial charge is 0.163 e. The summed E-state index contributed by atoms with van der Waals surface area (Å²) in [5.41, 5.74) is -0.307. The molecule has 84 valence electrons. The number of ether oxygens (including phenoxy) is 2. The molecule has 0 saturated heterocycles. The summed E-state index contributed by atoms with van der Waals surface area (Å²) in [6.07, 6.45) is 0.219. The van der Waals surface area contributed by atoms with E-state index in [9.17, 15) is 4.79 Å². The van der Waals surface area contributed by atoms with Crippen LogP contribution in [0.15, 0.2) is 0 Å². The monoisotopic (exact) mass is 202 g/mol. The summed E-state index contributed by atoms with van der Waals surface area (Å²) in [5.74, 6) is 0.127. The van der Waals surface area contributed by atoms with Crippen molar-refractivity contribution in [3.8, 4) is 0 Å². The molecule has 14 heavy (non-hydrogen) atoms. The van der Waals surface area contributed by atoms with Crippen LogP contribution in [0.1, 0.15) is 34.6 Å². The molecule has 0 heterocycles. The van der Waals surface area contributed by atoms with Crippen LogP contribution in [0, 0.1) is 5.41 Å². The van der Waals surface area contributed by atoms with E-state index in [1.165, 1.54) is 0 Å². The van der Waals surface area contributed by atoms with Crippen LogP contribution in [-0.4, -0.2) is 31.7 Å². The summed E-state index contributed by atoms with van der Waals surface area (Å²) in [6.45, 7) is 10.8. The van der Waals surface area contributed by atoms with Crippen molar-refractivity contribution in [2.75, 3.05) is 19.8 Å². The number of Topliss-reactive ketones (excluding diaryl/α,β-unsaturated/α-hetero) is 1. The molecule has 0 saturated carbocycles. The summed E-state index contributed by atoms with van der Waals surface area (Å²) >= 11 is 0. The highest BCUT2D eigenvalue weighted by atomic mass is 16.5. The Morgan fingerprint density at radius 1 is 1.21 bits per heavy atom. The second-order valence-corrected chi connectivity index (χ2v) is 4.65. The Balaban J connectivity index is 3.42. The molecule has 0 aliphatic rings. The van der Waals surface area contributed by atoms with Gasteiger partial charge < -0.3 is 9.47 Å². The molecule has 0 aromatic carbocycles. The Kier molecular flexibility index (Phi) is 5.96. The highest BCUT2D eigenvalue weighted by Crippen LogP contribution is 2.14. The zero-order chi connectivity index (χ0) is 11.2. The quantitative estimate of drug-likeness (QED) is 0.618. The third kappa shape index (κ3) is 7.04. The van der Waals surface area contributed by atoms with E-state index in [1.54, 1.807) is 0 Å². The maximum Gasteiger partial charge on any atom is 0.163 e. The minimum absolute atomic E-state index is 0.127. The topological polar surface area (TPSA) is 35.5 Å². The van der Waals surface area contributed by atoms with Crippen LogP contribution in [-0.2, 0) is 14.3 Å². The van der Waals surface area contributed by atoms with E-state index >= 15 is 0 Å². The fraction of sp³-hybridized carbons (Fsp3) is 0.909. The molecule has 3 nitrogen and oxygen atoms in total. The van der Waals surface area contributed by atoms with Gasteiger partial charge in [0.25, 0.3) is 0 Å². The minimum Gasteiger partial charge on any atom is -0.376 e. The zero-order valence-corrected chi connectivity index (χ0v) is 9.92. The first-order valence-electron chi connectivity index (χ1n) is 5.06. The second kappa shape index (κ2) is 6.14. The molecule has 0 aliphatic heterocycles. The molecule has 0 rings (SSSR count). The first kappa shape index (κ1) is 13.6. The zero-order valence-electron chi connectivity index (χ0n) is 9.92. The molecular formula is C11H22O3. The number of carbonyl (C=O) groups excluding carboxylic acids is 1. The Morgan fingerprint density at radius 2 is 1.79 bits per heavy atom. The number of rotatable bonds is 6. The molecule has 0 aliphatic carbocycles. The summed E-state index contributed by atoms with van der Waals surface area (Å²) in [4.78, 5) is 11.4. The van der Waals surface area contributed by atoms with Gasteiger partial charge >= 0.3 is 0 Å². The van der Waals surface area contributed by atoms with E-state index in [0.29, 0.717) is 13.2 Å². The van der Waals surface area contributed by atoms with Gasteiger partial charge in [0, 0.05) is 5.41 Å². The van der Waals surface area contributed by atoms with Gasteiger partial charge in [0.15, 0.2) is 5.78 Å². The Morgan fingerprint density at radius 3 is 2.21 bits per heavy atom. The van der Waals surface area contributed by atoms with Gasteiger partial charge in [0.2, 0.25) is 0 Å². The SMILES string of the molecule is CC(C)OCCOCC(=O)C(C)(C)C. The number of hydrogen-bond acceptors (Lipinski definition) is 3. The van der Waals surface area contributed by atoms with Crippen LogP contribution in [0.3, 0.4) is 0 Å². The van der Waals surface area contributed by atoms with Crippen LogP contribution in [0.2, 0.25) is 0 Å². The first-order valence-corrected chi connectivity index (χ1v) is 5.06. The molecule has 0 aromatic heterocycles. The van der Waals surface area contributed by atoms with Gasteiger partial charge in [0.1, 0.15) is 6.61 Å².